The molecule has 0 aliphatic carbocycles. The molecular weight excluding hydrogens is 214 g/mol. The third kappa shape index (κ3) is 2.75. The average molecular weight is 229 g/mol. The number of nitrogens with one attached hydrogen (secondary N) is 1. The van der Waals surface area contributed by atoms with E-state index < -0.39 is 0 Å². The van der Waals surface area contributed by atoms with Crippen LogP contribution in [-0.2, 0) is 9.53 Å². The molecule has 0 aromatic heterocycles. The highest BCUT2D eigenvalue weighted by Crippen LogP contribution is 2.22. The topological polar surface area (TPSA) is 38.3 Å². The van der Waals surface area contributed by atoms with E-state index in [1.807, 2.05) is 42.5 Å². The largest absolute Gasteiger partial charge is 0.465 e. The summed E-state index contributed by atoms with van der Waals surface area (Å²) in [6.07, 6.45) is 0. The zero-order chi connectivity index (χ0) is 12.1. The molecule has 0 aliphatic heterocycles. The van der Waals surface area contributed by atoms with Crippen LogP contribution in [0, 0.1) is 0 Å². The Hall–Kier alpha value is -2.03. The lowest BCUT2D eigenvalue weighted by Crippen LogP contribution is -2.16. The fourth-order valence-corrected chi connectivity index (χ4v) is 1.76. The number of anilines is 1. The lowest BCUT2D eigenvalue weighted by Gasteiger charge is -2.09. The third-order valence-corrected chi connectivity index (χ3v) is 2.52. The Morgan fingerprint density at radius 1 is 1.18 bits per heavy atom. The molecule has 0 unspecified atom stereocenters. The number of hydrogen-bond donors (Lipinski definition) is 1. The minimum absolute atomic E-state index is 0.196. The summed E-state index contributed by atoms with van der Waals surface area (Å²) >= 11 is 0. The number of ether oxygens (including phenoxy) is 1. The molecule has 0 bridgehead atoms. The lowest BCUT2D eigenvalue weighted by atomic mass is 10.1. The molecule has 2 rings (SSSR count). The van der Waals surface area contributed by atoms with Gasteiger partial charge in [-0.25, -0.2) is 0 Å². The highest BCUT2D eigenvalue weighted by Gasteiger charge is 2.03. The Morgan fingerprint density at radius 2 is 1.94 bits per heavy atom. The van der Waals surface area contributed by atoms with Gasteiger partial charge in [0.25, 0.3) is 0 Å². The lowest BCUT2D eigenvalue weighted by molar-refractivity contribution is -0.140. The SMILES string of the molecule is CCOC(=O)CNc1cccc2ccccc12. The van der Waals surface area contributed by atoms with Crippen molar-refractivity contribution >= 4 is 22.4 Å². The van der Waals surface area contributed by atoms with Gasteiger partial charge in [-0.15, -0.1) is 0 Å². The average Bonchev–Trinajstić information content (AvgIpc) is 2.36. The van der Waals surface area contributed by atoms with E-state index >= 15 is 0 Å². The maximum Gasteiger partial charge on any atom is 0.325 e. The molecule has 0 saturated heterocycles. The molecule has 0 amide bonds. The molecule has 1 N–H and O–H groups in total. The van der Waals surface area contributed by atoms with E-state index in [0.29, 0.717) is 6.61 Å². The fraction of sp³-hybridized carbons (Fsp3) is 0.214. The van der Waals surface area contributed by atoms with Crippen molar-refractivity contribution in [3.63, 3.8) is 0 Å². The molecule has 3 heteroatoms. The van der Waals surface area contributed by atoms with E-state index in [2.05, 4.69) is 5.32 Å². The molecule has 0 fully saturated rings. The van der Waals surface area contributed by atoms with Crippen molar-refractivity contribution in [1.29, 1.82) is 0 Å². The third-order valence-electron chi connectivity index (χ3n) is 2.52. The smallest absolute Gasteiger partial charge is 0.325 e. The van der Waals surface area contributed by atoms with Crippen molar-refractivity contribution in [2.45, 2.75) is 6.92 Å². The summed E-state index contributed by atoms with van der Waals surface area (Å²) in [6, 6.07) is 14.0. The van der Waals surface area contributed by atoms with Crippen LogP contribution in [0.1, 0.15) is 6.92 Å². The zero-order valence-electron chi connectivity index (χ0n) is 9.77. The molecule has 2 aromatic rings. The van der Waals surface area contributed by atoms with Crippen LogP contribution in [-0.4, -0.2) is 19.1 Å². The number of hydrogen-bond acceptors (Lipinski definition) is 3. The van der Waals surface area contributed by atoms with Crippen molar-refractivity contribution < 1.29 is 9.53 Å². The summed E-state index contributed by atoms with van der Waals surface area (Å²) < 4.78 is 4.87. The quantitative estimate of drug-likeness (QED) is 0.819. The summed E-state index contributed by atoms with van der Waals surface area (Å²) in [7, 11) is 0. The van der Waals surface area contributed by atoms with Crippen LogP contribution in [0.5, 0.6) is 0 Å². The molecule has 0 saturated carbocycles. The van der Waals surface area contributed by atoms with Crippen LogP contribution in [0.25, 0.3) is 10.8 Å². The van der Waals surface area contributed by atoms with Crippen LogP contribution in [0.2, 0.25) is 0 Å². The van der Waals surface area contributed by atoms with E-state index in [1.165, 1.54) is 0 Å². The number of fused-ring (bicyclic) bond motifs is 1. The first-order chi connectivity index (χ1) is 8.31. The predicted octanol–water partition coefficient (Wildman–Crippen LogP) is 2.81. The Bertz CT molecular complexity index is 517. The van der Waals surface area contributed by atoms with Gasteiger partial charge in [0.1, 0.15) is 6.54 Å². The number of esters is 1. The summed E-state index contributed by atoms with van der Waals surface area (Å²) in [6.45, 7) is 2.41. The van der Waals surface area contributed by atoms with Crippen LogP contribution in [0.3, 0.4) is 0 Å². The predicted molar refractivity (Wildman–Crippen MR) is 69.1 cm³/mol. The minimum Gasteiger partial charge on any atom is -0.465 e. The number of rotatable bonds is 4. The molecular formula is C14H15NO2. The summed E-state index contributed by atoms with van der Waals surface area (Å²) in [5.41, 5.74) is 0.955. The first-order valence-electron chi connectivity index (χ1n) is 5.68. The van der Waals surface area contributed by atoms with Crippen LogP contribution in [0.4, 0.5) is 5.69 Å². The van der Waals surface area contributed by atoms with Gasteiger partial charge in [0, 0.05) is 11.1 Å². The van der Waals surface area contributed by atoms with E-state index in [4.69, 9.17) is 4.74 Å². The summed E-state index contributed by atoms with van der Waals surface area (Å²) in [4.78, 5) is 11.3. The highest BCUT2D eigenvalue weighted by atomic mass is 16.5. The molecule has 0 spiro atoms. The zero-order valence-corrected chi connectivity index (χ0v) is 9.77. The standard InChI is InChI=1S/C14H15NO2/c1-2-17-14(16)10-15-13-9-5-7-11-6-3-4-8-12(11)13/h3-9,15H,2,10H2,1H3. The first-order valence-corrected chi connectivity index (χ1v) is 5.68. The van der Waals surface area contributed by atoms with E-state index in [1.54, 1.807) is 6.92 Å². The number of carbonyl (C=O) groups excluding carboxylic acids is 1. The van der Waals surface area contributed by atoms with E-state index in [-0.39, 0.29) is 12.5 Å². The summed E-state index contributed by atoms with van der Waals surface area (Å²) in [5.74, 6) is -0.236. The van der Waals surface area contributed by atoms with Crippen LogP contribution in [0.15, 0.2) is 42.5 Å². The molecule has 0 atom stereocenters. The second-order valence-electron chi connectivity index (χ2n) is 3.69. The molecule has 3 nitrogen and oxygen atoms in total. The molecule has 17 heavy (non-hydrogen) atoms. The van der Waals surface area contributed by atoms with Gasteiger partial charge in [-0.05, 0) is 18.4 Å². The van der Waals surface area contributed by atoms with Crippen molar-refractivity contribution in [3.8, 4) is 0 Å². The molecule has 2 aromatic carbocycles. The fourth-order valence-electron chi connectivity index (χ4n) is 1.76. The Labute approximate surface area is 100 Å². The first kappa shape index (κ1) is 11.5. The monoisotopic (exact) mass is 229 g/mol. The van der Waals surface area contributed by atoms with Crippen molar-refractivity contribution in [3.05, 3.63) is 42.5 Å². The second-order valence-corrected chi connectivity index (χ2v) is 3.69. The van der Waals surface area contributed by atoms with Gasteiger partial charge in [-0.3, -0.25) is 4.79 Å². The van der Waals surface area contributed by atoms with E-state index in [9.17, 15) is 4.79 Å². The normalized spacial score (nSPS) is 10.2. The molecule has 0 radical (unpaired) electrons. The van der Waals surface area contributed by atoms with E-state index in [0.717, 1.165) is 16.5 Å². The second kappa shape index (κ2) is 5.34. The van der Waals surface area contributed by atoms with Gasteiger partial charge in [-0.2, -0.15) is 0 Å². The summed E-state index contributed by atoms with van der Waals surface area (Å²) in [5, 5.41) is 5.36. The highest BCUT2D eigenvalue weighted by molar-refractivity contribution is 5.94. The van der Waals surface area contributed by atoms with Gasteiger partial charge in [0.05, 0.1) is 6.61 Å². The van der Waals surface area contributed by atoms with Crippen LogP contribution >= 0.6 is 0 Å². The van der Waals surface area contributed by atoms with Crippen molar-refractivity contribution in [2.24, 2.45) is 0 Å². The Morgan fingerprint density at radius 3 is 2.76 bits per heavy atom. The van der Waals surface area contributed by atoms with Crippen molar-refractivity contribution in [2.75, 3.05) is 18.5 Å². The Balaban J connectivity index is 2.16. The maximum absolute atomic E-state index is 11.3. The van der Waals surface area contributed by atoms with Gasteiger partial charge in [0.2, 0.25) is 0 Å². The molecule has 0 heterocycles. The van der Waals surface area contributed by atoms with Gasteiger partial charge >= 0.3 is 5.97 Å². The molecule has 88 valence electrons. The molecule has 0 aliphatic rings. The van der Waals surface area contributed by atoms with Crippen LogP contribution < -0.4 is 5.32 Å². The minimum atomic E-state index is -0.236. The number of benzene rings is 2. The van der Waals surface area contributed by atoms with Gasteiger partial charge in [0.15, 0.2) is 0 Å². The maximum atomic E-state index is 11.3. The van der Waals surface area contributed by atoms with Crippen molar-refractivity contribution in [1.82, 2.24) is 0 Å². The van der Waals surface area contributed by atoms with Gasteiger partial charge < -0.3 is 10.1 Å². The number of carbonyl (C=O) groups is 1. The van der Waals surface area contributed by atoms with Gasteiger partial charge in [-0.1, -0.05) is 36.4 Å². The Kier molecular flexibility index (Phi) is 3.60.